The van der Waals surface area contributed by atoms with Crippen LogP contribution in [-0.2, 0) is 20.2 Å². The summed E-state index contributed by atoms with van der Waals surface area (Å²) in [5.74, 6) is -0.499. The second kappa shape index (κ2) is 6.09. The molecule has 0 aromatic heterocycles. The second-order valence-corrected chi connectivity index (χ2v) is 8.92. The van der Waals surface area contributed by atoms with Gasteiger partial charge in [0.15, 0.2) is 0 Å². The van der Waals surface area contributed by atoms with E-state index in [0.717, 1.165) is 11.3 Å². The molecule has 1 heterocycles. The van der Waals surface area contributed by atoms with Crippen LogP contribution in [0.2, 0.25) is 0 Å². The molecule has 0 fully saturated rings. The van der Waals surface area contributed by atoms with Crippen molar-refractivity contribution in [2.45, 2.75) is 38.0 Å². The molecule has 2 aromatic carbocycles. The maximum atomic E-state index is 13.2. The number of benzene rings is 2. The van der Waals surface area contributed by atoms with Gasteiger partial charge in [0.05, 0.1) is 10.6 Å². The number of carbonyl (C=O) groups excluding carboxylic acids is 1. The first-order valence-electron chi connectivity index (χ1n) is 8.23. The summed E-state index contributed by atoms with van der Waals surface area (Å²) in [5, 5.41) is 0. The van der Waals surface area contributed by atoms with Crippen molar-refractivity contribution in [1.82, 2.24) is 0 Å². The first-order valence-corrected chi connectivity index (χ1v) is 9.71. The van der Waals surface area contributed by atoms with Gasteiger partial charge in [0, 0.05) is 24.6 Å². The van der Waals surface area contributed by atoms with Crippen molar-refractivity contribution in [1.29, 1.82) is 0 Å². The zero-order chi connectivity index (χ0) is 19.3. The monoisotopic (exact) mass is 376 g/mol. The maximum absolute atomic E-state index is 13.2. The van der Waals surface area contributed by atoms with Crippen LogP contribution in [0, 0.1) is 12.7 Å². The van der Waals surface area contributed by atoms with Crippen molar-refractivity contribution >= 4 is 27.3 Å². The number of nitrogens with zero attached hydrogens (tertiary/aromatic N) is 1. The van der Waals surface area contributed by atoms with Crippen LogP contribution in [-0.4, -0.2) is 20.9 Å². The van der Waals surface area contributed by atoms with Gasteiger partial charge in [0.2, 0.25) is 5.91 Å². The molecule has 1 aliphatic rings. The third-order valence-corrected chi connectivity index (χ3v) is 6.03. The zero-order valence-electron chi connectivity index (χ0n) is 15.1. The molecule has 2 aromatic rings. The van der Waals surface area contributed by atoms with E-state index in [1.807, 2.05) is 13.8 Å². The number of hydrogen-bond donors (Lipinski definition) is 1. The van der Waals surface area contributed by atoms with Gasteiger partial charge in [-0.2, -0.15) is 0 Å². The van der Waals surface area contributed by atoms with Crippen LogP contribution in [0.1, 0.15) is 31.9 Å². The van der Waals surface area contributed by atoms with Gasteiger partial charge < -0.3 is 4.90 Å². The molecule has 0 atom stereocenters. The number of rotatable bonds is 3. The highest BCUT2D eigenvalue weighted by Gasteiger charge is 2.37. The Bertz CT molecular complexity index is 1000. The SMILES string of the molecule is CC(=O)N1CC(C)(C)c2cc(S(=O)(=O)Nc3ccc(F)cc3C)ccc21. The molecule has 1 aliphatic heterocycles. The Kier molecular flexibility index (Phi) is 4.30. The van der Waals surface area contributed by atoms with Gasteiger partial charge in [-0.3, -0.25) is 9.52 Å². The van der Waals surface area contributed by atoms with Crippen molar-refractivity contribution in [2.75, 3.05) is 16.2 Å². The number of nitrogens with one attached hydrogen (secondary N) is 1. The Morgan fingerprint density at radius 3 is 2.50 bits per heavy atom. The normalized spacial score (nSPS) is 15.7. The molecular weight excluding hydrogens is 355 g/mol. The summed E-state index contributed by atoms with van der Waals surface area (Å²) >= 11 is 0. The summed E-state index contributed by atoms with van der Waals surface area (Å²) in [7, 11) is -3.83. The Morgan fingerprint density at radius 2 is 1.88 bits per heavy atom. The molecule has 1 N–H and O–H groups in total. The summed E-state index contributed by atoms with van der Waals surface area (Å²) in [4.78, 5) is 13.6. The number of hydrogen-bond acceptors (Lipinski definition) is 3. The highest BCUT2D eigenvalue weighted by atomic mass is 32.2. The minimum absolute atomic E-state index is 0.0764. The van der Waals surface area contributed by atoms with E-state index in [2.05, 4.69) is 4.72 Å². The molecule has 0 spiro atoms. The average molecular weight is 376 g/mol. The van der Waals surface area contributed by atoms with E-state index in [9.17, 15) is 17.6 Å². The summed E-state index contributed by atoms with van der Waals surface area (Å²) in [5.41, 5.74) is 2.03. The summed E-state index contributed by atoms with van der Waals surface area (Å²) in [6.07, 6.45) is 0. The van der Waals surface area contributed by atoms with Crippen molar-refractivity contribution < 1.29 is 17.6 Å². The predicted molar refractivity (Wildman–Crippen MR) is 99.4 cm³/mol. The lowest BCUT2D eigenvalue weighted by molar-refractivity contribution is -0.116. The summed E-state index contributed by atoms with van der Waals surface area (Å²) < 4.78 is 41.3. The standard InChI is InChI=1S/C19H21FN2O3S/c1-12-9-14(20)5-7-17(12)21-26(24,25)15-6-8-18-16(10-15)19(3,4)11-22(18)13(2)23/h5-10,21H,11H2,1-4H3. The van der Waals surface area contributed by atoms with Gasteiger partial charge >= 0.3 is 0 Å². The van der Waals surface area contributed by atoms with Crippen molar-refractivity contribution in [3.8, 4) is 0 Å². The number of amides is 1. The van der Waals surface area contributed by atoms with E-state index >= 15 is 0 Å². The molecule has 0 unspecified atom stereocenters. The molecule has 1 amide bonds. The van der Waals surface area contributed by atoms with Crippen molar-refractivity contribution in [3.63, 3.8) is 0 Å². The molecule has 26 heavy (non-hydrogen) atoms. The number of anilines is 2. The molecule has 7 heteroatoms. The minimum atomic E-state index is -3.83. The van der Waals surface area contributed by atoms with Crippen molar-refractivity contribution in [2.24, 2.45) is 0 Å². The van der Waals surface area contributed by atoms with E-state index in [1.165, 1.54) is 31.2 Å². The lowest BCUT2D eigenvalue weighted by atomic mass is 9.87. The Labute approximate surface area is 152 Å². The van der Waals surface area contributed by atoms with Gasteiger partial charge in [0.1, 0.15) is 5.82 Å². The van der Waals surface area contributed by atoms with Gasteiger partial charge in [-0.1, -0.05) is 13.8 Å². The number of carbonyl (C=O) groups is 1. The van der Waals surface area contributed by atoms with Crippen LogP contribution >= 0.6 is 0 Å². The Hall–Kier alpha value is -2.41. The van der Waals surface area contributed by atoms with Gasteiger partial charge in [-0.25, -0.2) is 12.8 Å². The van der Waals surface area contributed by atoms with E-state index in [4.69, 9.17) is 0 Å². The molecule has 0 bridgehead atoms. The largest absolute Gasteiger partial charge is 0.311 e. The summed E-state index contributed by atoms with van der Waals surface area (Å²) in [6.45, 7) is 7.59. The predicted octanol–water partition coefficient (Wildman–Crippen LogP) is 3.58. The van der Waals surface area contributed by atoms with E-state index in [1.54, 1.807) is 24.0 Å². The molecule has 0 saturated carbocycles. The van der Waals surface area contributed by atoms with E-state index in [-0.39, 0.29) is 16.2 Å². The third-order valence-electron chi connectivity index (χ3n) is 4.66. The average Bonchev–Trinajstić information content (AvgIpc) is 2.81. The zero-order valence-corrected chi connectivity index (χ0v) is 15.9. The molecule has 5 nitrogen and oxygen atoms in total. The third kappa shape index (κ3) is 3.19. The first-order chi connectivity index (χ1) is 12.0. The lowest BCUT2D eigenvalue weighted by Gasteiger charge is -2.19. The Balaban J connectivity index is 2.01. The molecule has 0 saturated heterocycles. The fraction of sp³-hybridized carbons (Fsp3) is 0.316. The van der Waals surface area contributed by atoms with Gasteiger partial charge in [0.25, 0.3) is 10.0 Å². The fourth-order valence-electron chi connectivity index (χ4n) is 3.25. The topological polar surface area (TPSA) is 66.5 Å². The number of halogens is 1. The number of aryl methyl sites for hydroxylation is 1. The lowest BCUT2D eigenvalue weighted by Crippen LogP contribution is -2.31. The van der Waals surface area contributed by atoms with E-state index in [0.29, 0.717) is 17.8 Å². The smallest absolute Gasteiger partial charge is 0.261 e. The van der Waals surface area contributed by atoms with E-state index < -0.39 is 15.8 Å². The van der Waals surface area contributed by atoms with Crippen LogP contribution < -0.4 is 9.62 Å². The van der Waals surface area contributed by atoms with Crippen LogP contribution in [0.25, 0.3) is 0 Å². The molecule has 0 aliphatic carbocycles. The first kappa shape index (κ1) is 18.4. The van der Waals surface area contributed by atoms with Crippen LogP contribution in [0.5, 0.6) is 0 Å². The maximum Gasteiger partial charge on any atom is 0.261 e. The quantitative estimate of drug-likeness (QED) is 0.890. The molecule has 3 rings (SSSR count). The van der Waals surface area contributed by atoms with Gasteiger partial charge in [-0.15, -0.1) is 0 Å². The Morgan fingerprint density at radius 1 is 1.19 bits per heavy atom. The minimum Gasteiger partial charge on any atom is -0.311 e. The van der Waals surface area contributed by atoms with Crippen LogP contribution in [0.3, 0.4) is 0 Å². The molecule has 0 radical (unpaired) electrons. The summed E-state index contributed by atoms with van der Waals surface area (Å²) in [6, 6.07) is 8.64. The number of sulfonamides is 1. The molecule has 138 valence electrons. The van der Waals surface area contributed by atoms with Gasteiger partial charge in [-0.05, 0) is 54.4 Å². The van der Waals surface area contributed by atoms with Crippen molar-refractivity contribution in [3.05, 3.63) is 53.3 Å². The highest BCUT2D eigenvalue weighted by Crippen LogP contribution is 2.41. The highest BCUT2D eigenvalue weighted by molar-refractivity contribution is 7.92. The second-order valence-electron chi connectivity index (χ2n) is 7.23. The van der Waals surface area contributed by atoms with Crippen LogP contribution in [0.4, 0.5) is 15.8 Å². The fourth-order valence-corrected chi connectivity index (χ4v) is 4.41. The number of fused-ring (bicyclic) bond motifs is 1. The molecular formula is C19H21FN2O3S. The van der Waals surface area contributed by atoms with Crippen LogP contribution in [0.15, 0.2) is 41.3 Å².